The molecule has 0 saturated carbocycles. The van der Waals surface area contributed by atoms with E-state index in [0.29, 0.717) is 6.54 Å². The molecular weight excluding hydrogens is 290 g/mol. The van der Waals surface area contributed by atoms with Crippen LogP contribution in [0.2, 0.25) is 0 Å². The van der Waals surface area contributed by atoms with Crippen LogP contribution >= 0.6 is 0 Å². The third-order valence-corrected chi connectivity index (χ3v) is 2.60. The highest BCUT2D eigenvalue weighted by Crippen LogP contribution is 2.21. The summed E-state index contributed by atoms with van der Waals surface area (Å²) >= 11 is 0. The number of pyridine rings is 1. The lowest BCUT2D eigenvalue weighted by atomic mass is 10.2. The average Bonchev–Trinajstić information content (AvgIpc) is 2.41. The minimum absolute atomic E-state index is 0.0419. The van der Waals surface area contributed by atoms with Gasteiger partial charge in [0.25, 0.3) is 5.91 Å². The van der Waals surface area contributed by atoms with Crippen LogP contribution in [0.25, 0.3) is 0 Å². The lowest BCUT2D eigenvalue weighted by molar-refractivity contribution is -0.135. The molecule has 1 amide bonds. The van der Waals surface area contributed by atoms with Gasteiger partial charge >= 0.3 is 6.18 Å². The number of amides is 1. The molecule has 0 bridgehead atoms. The quantitative estimate of drug-likeness (QED) is 0.601. The fourth-order valence-corrected chi connectivity index (χ4v) is 1.57. The van der Waals surface area contributed by atoms with E-state index in [4.69, 9.17) is 0 Å². The Balaban J connectivity index is 2.58. The maximum absolute atomic E-state index is 14.0. The smallest absolute Gasteiger partial charge is 0.368 e. The Morgan fingerprint density at radius 2 is 2.05 bits per heavy atom. The Kier molecular flexibility index (Phi) is 6.39. The highest BCUT2D eigenvalue weighted by Gasteiger charge is 2.26. The van der Waals surface area contributed by atoms with E-state index in [1.807, 2.05) is 6.92 Å². The molecule has 0 aliphatic rings. The van der Waals surface area contributed by atoms with Crippen molar-refractivity contribution in [2.75, 3.05) is 18.4 Å². The fraction of sp³-hybridized carbons (Fsp3) is 0.538. The highest BCUT2D eigenvalue weighted by atomic mass is 19.4. The van der Waals surface area contributed by atoms with Gasteiger partial charge in [-0.25, -0.2) is 9.37 Å². The largest absolute Gasteiger partial charge is 0.389 e. The minimum atomic E-state index is -4.26. The van der Waals surface area contributed by atoms with Crippen LogP contribution in [0.3, 0.4) is 0 Å². The van der Waals surface area contributed by atoms with Crippen molar-refractivity contribution in [3.63, 3.8) is 0 Å². The molecule has 21 heavy (non-hydrogen) atoms. The molecule has 2 N–H and O–H groups in total. The van der Waals surface area contributed by atoms with Crippen LogP contribution < -0.4 is 10.6 Å². The van der Waals surface area contributed by atoms with E-state index in [1.165, 1.54) is 12.3 Å². The monoisotopic (exact) mass is 307 g/mol. The van der Waals surface area contributed by atoms with Gasteiger partial charge in [0.05, 0.1) is 5.56 Å². The zero-order chi connectivity index (χ0) is 15.9. The number of alkyl halides is 3. The first-order valence-corrected chi connectivity index (χ1v) is 6.58. The van der Waals surface area contributed by atoms with Gasteiger partial charge in [-0.3, -0.25) is 4.79 Å². The summed E-state index contributed by atoms with van der Waals surface area (Å²) in [5.41, 5.74) is -0.240. The van der Waals surface area contributed by atoms with E-state index in [0.717, 1.165) is 6.42 Å². The van der Waals surface area contributed by atoms with E-state index >= 15 is 0 Å². The number of hydrogen-bond donors (Lipinski definition) is 2. The maximum Gasteiger partial charge on any atom is 0.389 e. The van der Waals surface area contributed by atoms with E-state index in [2.05, 4.69) is 15.6 Å². The molecule has 0 saturated heterocycles. The van der Waals surface area contributed by atoms with E-state index in [1.54, 1.807) is 0 Å². The molecule has 0 radical (unpaired) electrons. The number of nitrogens with one attached hydrogen (secondary N) is 2. The van der Waals surface area contributed by atoms with Gasteiger partial charge < -0.3 is 10.6 Å². The zero-order valence-electron chi connectivity index (χ0n) is 11.6. The summed E-state index contributed by atoms with van der Waals surface area (Å²) in [5, 5.41) is 4.99. The number of rotatable bonds is 7. The topological polar surface area (TPSA) is 54.0 Å². The second-order valence-corrected chi connectivity index (χ2v) is 4.42. The number of anilines is 1. The molecule has 0 fully saturated rings. The number of aromatic nitrogens is 1. The van der Waals surface area contributed by atoms with Crippen LogP contribution in [0, 0.1) is 5.82 Å². The lowest BCUT2D eigenvalue weighted by Gasteiger charge is -2.10. The summed E-state index contributed by atoms with van der Waals surface area (Å²) in [6.07, 6.45) is -3.47. The maximum atomic E-state index is 14.0. The predicted molar refractivity (Wildman–Crippen MR) is 70.6 cm³/mol. The van der Waals surface area contributed by atoms with Crippen molar-refractivity contribution in [3.05, 3.63) is 23.6 Å². The van der Waals surface area contributed by atoms with Gasteiger partial charge in [0.15, 0.2) is 11.6 Å². The molecule has 0 aromatic carbocycles. The average molecular weight is 307 g/mol. The molecule has 0 aliphatic carbocycles. The van der Waals surface area contributed by atoms with Crippen molar-refractivity contribution in [2.45, 2.75) is 32.4 Å². The van der Waals surface area contributed by atoms with Crippen LogP contribution in [-0.4, -0.2) is 30.2 Å². The number of carbonyl (C=O) groups excluding carboxylic acids is 1. The molecule has 118 valence electrons. The van der Waals surface area contributed by atoms with Crippen molar-refractivity contribution >= 4 is 11.7 Å². The van der Waals surface area contributed by atoms with Crippen LogP contribution in [-0.2, 0) is 0 Å². The first-order valence-electron chi connectivity index (χ1n) is 6.58. The predicted octanol–water partition coefficient (Wildman–Crippen LogP) is 3.11. The van der Waals surface area contributed by atoms with E-state index < -0.39 is 24.3 Å². The van der Waals surface area contributed by atoms with Crippen molar-refractivity contribution in [2.24, 2.45) is 0 Å². The van der Waals surface area contributed by atoms with Gasteiger partial charge in [-0.15, -0.1) is 0 Å². The molecule has 0 aliphatic heterocycles. The van der Waals surface area contributed by atoms with Crippen molar-refractivity contribution in [1.82, 2.24) is 10.3 Å². The Hall–Kier alpha value is -1.86. The van der Waals surface area contributed by atoms with Crippen molar-refractivity contribution < 1.29 is 22.4 Å². The lowest BCUT2D eigenvalue weighted by Crippen LogP contribution is -2.27. The molecule has 1 heterocycles. The minimum Gasteiger partial charge on any atom is -0.368 e. The van der Waals surface area contributed by atoms with Gasteiger partial charge in [-0.05, 0) is 18.9 Å². The number of nitrogens with zero attached hydrogens (tertiary/aromatic N) is 1. The van der Waals surface area contributed by atoms with Gasteiger partial charge in [0.1, 0.15) is 0 Å². The second-order valence-electron chi connectivity index (χ2n) is 4.42. The SMILES string of the molecule is CCCNc1nccc(C(=O)NCCCC(F)(F)F)c1F. The molecule has 0 atom stereocenters. The van der Waals surface area contributed by atoms with Crippen molar-refractivity contribution in [3.8, 4) is 0 Å². The van der Waals surface area contributed by atoms with E-state index in [9.17, 15) is 22.4 Å². The van der Waals surface area contributed by atoms with Crippen LogP contribution in [0.4, 0.5) is 23.4 Å². The summed E-state index contributed by atoms with van der Waals surface area (Å²) < 4.78 is 49.8. The number of hydrogen-bond acceptors (Lipinski definition) is 3. The molecular formula is C13H17F4N3O. The standard InChI is InChI=1S/C13H17F4N3O/c1-2-6-18-11-10(14)9(4-8-19-11)12(21)20-7-3-5-13(15,16)17/h4,8H,2-3,5-7H2,1H3,(H,18,19)(H,20,21). The number of halogens is 4. The first-order chi connectivity index (χ1) is 9.85. The molecule has 8 heteroatoms. The second kappa shape index (κ2) is 7.80. The Morgan fingerprint density at radius 1 is 1.33 bits per heavy atom. The zero-order valence-corrected chi connectivity index (χ0v) is 11.6. The summed E-state index contributed by atoms with van der Waals surface area (Å²) in [4.78, 5) is 15.5. The molecule has 1 aromatic rings. The molecule has 0 spiro atoms. The molecule has 0 unspecified atom stereocenters. The summed E-state index contributed by atoms with van der Waals surface area (Å²) in [6.45, 7) is 2.22. The van der Waals surface area contributed by atoms with Gasteiger partial charge in [-0.2, -0.15) is 13.2 Å². The van der Waals surface area contributed by atoms with Crippen LogP contribution in [0.5, 0.6) is 0 Å². The molecule has 4 nitrogen and oxygen atoms in total. The first kappa shape index (κ1) is 17.2. The third kappa shape index (κ3) is 5.97. The summed E-state index contributed by atoms with van der Waals surface area (Å²) in [7, 11) is 0. The fourth-order valence-electron chi connectivity index (χ4n) is 1.57. The van der Waals surface area contributed by atoms with Gasteiger partial charge in [0, 0.05) is 25.7 Å². The Morgan fingerprint density at radius 3 is 2.67 bits per heavy atom. The van der Waals surface area contributed by atoms with E-state index in [-0.39, 0.29) is 24.3 Å². The highest BCUT2D eigenvalue weighted by molar-refractivity contribution is 5.95. The summed E-state index contributed by atoms with van der Waals surface area (Å²) in [5.74, 6) is -1.60. The Labute approximate surface area is 119 Å². The third-order valence-electron chi connectivity index (χ3n) is 2.60. The van der Waals surface area contributed by atoms with Crippen molar-refractivity contribution in [1.29, 1.82) is 0 Å². The van der Waals surface area contributed by atoms with Crippen LogP contribution in [0.1, 0.15) is 36.5 Å². The van der Waals surface area contributed by atoms with Gasteiger partial charge in [-0.1, -0.05) is 6.92 Å². The van der Waals surface area contributed by atoms with Gasteiger partial charge in [0.2, 0.25) is 0 Å². The Bertz CT molecular complexity index is 477. The number of carbonyl (C=O) groups is 1. The molecule has 1 rings (SSSR count). The summed E-state index contributed by atoms with van der Waals surface area (Å²) in [6, 6.07) is 1.19. The van der Waals surface area contributed by atoms with Crippen LogP contribution in [0.15, 0.2) is 12.3 Å². The molecule has 1 aromatic heterocycles. The normalized spacial score (nSPS) is 11.3.